The zero-order valence-corrected chi connectivity index (χ0v) is 21.8. The molecule has 1 aromatic rings. The number of amides is 2. The lowest BCUT2D eigenvalue weighted by molar-refractivity contribution is -0.132. The van der Waals surface area contributed by atoms with Gasteiger partial charge in [-0.2, -0.15) is 0 Å². The zero-order valence-electron chi connectivity index (χ0n) is 21.0. The van der Waals surface area contributed by atoms with Crippen molar-refractivity contribution in [3.05, 3.63) is 24.3 Å². The maximum atomic E-state index is 13.4. The molecule has 5 aliphatic rings. The maximum Gasteiger partial charge on any atom is 0.241 e. The molecule has 3 atom stereocenters. The maximum absolute atomic E-state index is 13.4. The van der Waals surface area contributed by atoms with Crippen LogP contribution in [-0.2, 0) is 19.6 Å². The quantitative estimate of drug-likeness (QED) is 0.436. The van der Waals surface area contributed by atoms with Crippen LogP contribution in [0.3, 0.4) is 0 Å². The molecule has 2 amide bonds. The highest BCUT2D eigenvalue weighted by Gasteiger charge is 2.58. The first-order valence-corrected chi connectivity index (χ1v) is 14.5. The summed E-state index contributed by atoms with van der Waals surface area (Å²) in [7, 11) is -3.73. The molecular weight excluding hydrogens is 478 g/mol. The highest BCUT2D eigenvalue weighted by molar-refractivity contribution is 7.89. The molecule has 1 saturated heterocycles. The predicted molar refractivity (Wildman–Crippen MR) is 138 cm³/mol. The Bertz CT molecular complexity index is 1120. The number of hydrogen-bond acceptors (Lipinski definition) is 6. The fraction of sp³-hybridized carbons (Fsp3) is 0.654. The first-order valence-electron chi connectivity index (χ1n) is 13.0. The monoisotopic (exact) mass is 515 g/mol. The summed E-state index contributed by atoms with van der Waals surface area (Å²) in [6, 6.07) is 6.43. The number of benzene rings is 1. The molecule has 196 valence electrons. The summed E-state index contributed by atoms with van der Waals surface area (Å²) in [6.07, 6.45) is 7.44. The Hall–Kier alpha value is -2.30. The molecule has 1 aromatic carbocycles. The molecule has 4 aliphatic carbocycles. The van der Waals surface area contributed by atoms with E-state index in [1.54, 1.807) is 12.1 Å². The zero-order chi connectivity index (χ0) is 25.6. The van der Waals surface area contributed by atoms with Gasteiger partial charge in [-0.15, -0.1) is 0 Å². The first-order chi connectivity index (χ1) is 17.1. The van der Waals surface area contributed by atoms with Crippen LogP contribution in [0.5, 0.6) is 0 Å². The van der Waals surface area contributed by atoms with Crippen molar-refractivity contribution in [1.29, 1.82) is 0 Å². The van der Waals surface area contributed by atoms with Gasteiger partial charge in [0.05, 0.1) is 24.0 Å². The molecule has 4 bridgehead atoms. The van der Waals surface area contributed by atoms with E-state index in [0.29, 0.717) is 30.5 Å². The van der Waals surface area contributed by atoms with E-state index in [2.05, 4.69) is 27.1 Å². The summed E-state index contributed by atoms with van der Waals surface area (Å²) in [5, 5.41) is 6.30. The number of hydrogen-bond donors (Lipinski definition) is 3. The number of carbonyl (C=O) groups excluding carboxylic acids is 2. The normalized spacial score (nSPS) is 33.0. The van der Waals surface area contributed by atoms with Gasteiger partial charge in [0.1, 0.15) is 0 Å². The van der Waals surface area contributed by atoms with Crippen LogP contribution in [0.15, 0.2) is 34.2 Å². The average molecular weight is 516 g/mol. The van der Waals surface area contributed by atoms with E-state index in [-0.39, 0.29) is 34.8 Å². The molecular formula is C26H37N5O4S. The minimum absolute atomic E-state index is 0.103. The van der Waals surface area contributed by atoms with Crippen molar-refractivity contribution in [3.63, 3.8) is 0 Å². The van der Waals surface area contributed by atoms with E-state index in [0.717, 1.165) is 51.5 Å². The summed E-state index contributed by atoms with van der Waals surface area (Å²) in [5.41, 5.74) is -0.157. The van der Waals surface area contributed by atoms with Gasteiger partial charge in [0.2, 0.25) is 21.8 Å². The van der Waals surface area contributed by atoms with Crippen molar-refractivity contribution >= 4 is 34.2 Å². The molecule has 6 rings (SSSR count). The molecule has 3 N–H and O–H groups in total. The highest BCUT2D eigenvalue weighted by atomic mass is 32.2. The van der Waals surface area contributed by atoms with Gasteiger partial charge in [0, 0.05) is 30.2 Å². The Labute approximate surface area is 213 Å². The van der Waals surface area contributed by atoms with Gasteiger partial charge < -0.3 is 15.5 Å². The fourth-order valence-corrected chi connectivity index (χ4v) is 9.14. The van der Waals surface area contributed by atoms with Crippen LogP contribution in [0.4, 0.5) is 5.69 Å². The molecule has 1 aliphatic heterocycles. The van der Waals surface area contributed by atoms with Crippen molar-refractivity contribution in [2.24, 2.45) is 16.8 Å². The number of sulfonamides is 1. The molecule has 1 heterocycles. The number of anilines is 1. The minimum atomic E-state index is -3.73. The van der Waals surface area contributed by atoms with E-state index in [9.17, 15) is 18.0 Å². The van der Waals surface area contributed by atoms with Gasteiger partial charge in [-0.3, -0.25) is 14.6 Å². The Morgan fingerprint density at radius 2 is 1.78 bits per heavy atom. The minimum Gasteiger partial charge on any atom is -0.337 e. The van der Waals surface area contributed by atoms with Crippen LogP contribution in [0, 0.1) is 11.8 Å². The van der Waals surface area contributed by atoms with E-state index >= 15 is 0 Å². The lowest BCUT2D eigenvalue weighted by Crippen LogP contribution is -2.69. The summed E-state index contributed by atoms with van der Waals surface area (Å²) in [4.78, 5) is 30.5. The van der Waals surface area contributed by atoms with Gasteiger partial charge in [-0.05, 0) is 94.2 Å². The Morgan fingerprint density at radius 3 is 2.42 bits per heavy atom. The van der Waals surface area contributed by atoms with Gasteiger partial charge in [0.15, 0.2) is 0 Å². The number of rotatable bonds is 9. The van der Waals surface area contributed by atoms with Crippen LogP contribution in [-0.4, -0.2) is 68.6 Å². The molecule has 0 spiro atoms. The summed E-state index contributed by atoms with van der Waals surface area (Å²) < 4.78 is 29.9. The van der Waals surface area contributed by atoms with Gasteiger partial charge in [-0.1, -0.05) is 0 Å². The fourth-order valence-electron chi connectivity index (χ4n) is 7.72. The Kier molecular flexibility index (Phi) is 6.72. The van der Waals surface area contributed by atoms with Gasteiger partial charge in [0.25, 0.3) is 0 Å². The largest absolute Gasteiger partial charge is 0.337 e. The standard InChI is InChI=1S/C26H37N5O4S/c1-18(32)29-21-5-7-23(8-6-21)36(34,35)30-26-13-19-10-20(14-26)12-25(11-19,17-26)28-16-24(33)31-9-3-4-22(31)15-27-2/h5-8,19-20,22,28,30H,2-4,9-17H2,1H3,(H,29,32). The van der Waals surface area contributed by atoms with E-state index in [1.807, 2.05) is 4.90 Å². The van der Waals surface area contributed by atoms with Gasteiger partial charge >= 0.3 is 0 Å². The lowest BCUT2D eigenvalue weighted by atomic mass is 9.50. The second kappa shape index (κ2) is 9.54. The SMILES string of the molecule is C=NCC1CCCN1C(=O)CNC12CC3CC(C1)CC(NS(=O)(=O)c1ccc(NC(C)=O)cc1)(C3)C2. The van der Waals surface area contributed by atoms with E-state index in [4.69, 9.17) is 0 Å². The predicted octanol–water partition coefficient (Wildman–Crippen LogP) is 2.30. The Balaban J connectivity index is 1.29. The average Bonchev–Trinajstić information content (AvgIpc) is 3.24. The summed E-state index contributed by atoms with van der Waals surface area (Å²) >= 11 is 0. The number of carbonyl (C=O) groups is 2. The van der Waals surface area contributed by atoms with Crippen LogP contribution in [0.2, 0.25) is 0 Å². The molecule has 3 unspecified atom stereocenters. The number of nitrogens with one attached hydrogen (secondary N) is 3. The van der Waals surface area contributed by atoms with Crippen LogP contribution >= 0.6 is 0 Å². The lowest BCUT2D eigenvalue weighted by Gasteiger charge is -2.62. The molecule has 36 heavy (non-hydrogen) atoms. The molecule has 4 saturated carbocycles. The Morgan fingerprint density at radius 1 is 1.11 bits per heavy atom. The third-order valence-corrected chi connectivity index (χ3v) is 10.1. The highest BCUT2D eigenvalue weighted by Crippen LogP contribution is 2.57. The molecule has 0 aromatic heterocycles. The van der Waals surface area contributed by atoms with Crippen LogP contribution in [0.1, 0.15) is 58.3 Å². The third kappa shape index (κ3) is 5.08. The smallest absolute Gasteiger partial charge is 0.241 e. The van der Waals surface area contributed by atoms with Crippen molar-refractivity contribution in [1.82, 2.24) is 14.9 Å². The van der Waals surface area contributed by atoms with Crippen molar-refractivity contribution < 1.29 is 18.0 Å². The molecule has 0 radical (unpaired) electrons. The topological polar surface area (TPSA) is 120 Å². The second-order valence-electron chi connectivity index (χ2n) is 11.5. The summed E-state index contributed by atoms with van der Waals surface area (Å²) in [6.45, 7) is 6.63. The van der Waals surface area contributed by atoms with Gasteiger partial charge in [-0.25, -0.2) is 13.1 Å². The third-order valence-electron chi connectivity index (χ3n) is 8.55. The summed E-state index contributed by atoms with van der Waals surface area (Å²) in [5.74, 6) is 0.795. The van der Waals surface area contributed by atoms with Crippen LogP contribution < -0.4 is 15.4 Å². The van der Waals surface area contributed by atoms with Crippen molar-refractivity contribution in [3.8, 4) is 0 Å². The van der Waals surface area contributed by atoms with Crippen LogP contribution in [0.25, 0.3) is 0 Å². The number of nitrogens with zero attached hydrogens (tertiary/aromatic N) is 2. The second-order valence-corrected chi connectivity index (χ2v) is 13.2. The molecule has 9 nitrogen and oxygen atoms in total. The number of likely N-dealkylation sites (tertiary alicyclic amines) is 1. The van der Waals surface area contributed by atoms with E-state index in [1.165, 1.54) is 19.1 Å². The molecule has 5 fully saturated rings. The van der Waals surface area contributed by atoms with E-state index < -0.39 is 15.6 Å². The van der Waals surface area contributed by atoms with Crippen molar-refractivity contribution in [2.75, 3.05) is 25.0 Å². The first kappa shape index (κ1) is 25.4. The molecule has 10 heteroatoms. The number of aliphatic imine (C=N–C) groups is 1. The van der Waals surface area contributed by atoms with Crippen molar-refractivity contribution in [2.45, 2.75) is 80.3 Å².